The normalized spacial score (nSPS) is 11.3. The fourth-order valence-corrected chi connectivity index (χ4v) is 2.44. The number of anilines is 1. The topological polar surface area (TPSA) is 47.2 Å². The largest absolute Gasteiger partial charge is 0.465 e. The van der Waals surface area contributed by atoms with Crippen LogP contribution in [-0.2, 0) is 11.3 Å². The summed E-state index contributed by atoms with van der Waals surface area (Å²) in [7, 11) is 0. The second kappa shape index (κ2) is 6.35. The summed E-state index contributed by atoms with van der Waals surface area (Å²) >= 11 is 0. The van der Waals surface area contributed by atoms with Gasteiger partial charge in [0.05, 0.1) is 6.26 Å². The van der Waals surface area contributed by atoms with Crippen molar-refractivity contribution in [1.29, 1.82) is 0 Å². The summed E-state index contributed by atoms with van der Waals surface area (Å²) in [6, 6.07) is 11.6. The van der Waals surface area contributed by atoms with Gasteiger partial charge in [-0.3, -0.25) is 4.79 Å². The van der Waals surface area contributed by atoms with Gasteiger partial charge in [-0.1, -0.05) is 6.92 Å². The first kappa shape index (κ1) is 14.2. The quantitative estimate of drug-likeness (QED) is 0.713. The van der Waals surface area contributed by atoms with E-state index in [0.29, 0.717) is 5.76 Å². The monoisotopic (exact) mass is 294 g/mol. The highest BCUT2D eigenvalue weighted by Gasteiger charge is 2.03. The molecular weight excluding hydrogens is 276 g/mol. The molecule has 3 rings (SSSR count). The maximum absolute atomic E-state index is 11.9. The smallest absolute Gasteiger partial charge is 0.248 e. The van der Waals surface area contributed by atoms with Crippen molar-refractivity contribution in [2.24, 2.45) is 0 Å². The highest BCUT2D eigenvalue weighted by atomic mass is 16.3. The van der Waals surface area contributed by atoms with Crippen LogP contribution < -0.4 is 5.32 Å². The lowest BCUT2D eigenvalue weighted by Gasteiger charge is -2.05. The molecule has 0 saturated heterocycles. The van der Waals surface area contributed by atoms with Crippen molar-refractivity contribution >= 4 is 28.6 Å². The molecule has 0 atom stereocenters. The summed E-state index contributed by atoms with van der Waals surface area (Å²) in [5.41, 5.74) is 1.97. The van der Waals surface area contributed by atoms with Crippen LogP contribution in [0.25, 0.3) is 17.0 Å². The van der Waals surface area contributed by atoms with Crippen LogP contribution in [0.4, 0.5) is 5.69 Å². The van der Waals surface area contributed by atoms with Gasteiger partial charge in [-0.15, -0.1) is 0 Å². The van der Waals surface area contributed by atoms with E-state index in [1.54, 1.807) is 24.5 Å². The third-order valence-electron chi connectivity index (χ3n) is 3.45. The van der Waals surface area contributed by atoms with Gasteiger partial charge in [-0.05, 0) is 48.9 Å². The molecule has 4 nitrogen and oxygen atoms in total. The first-order chi connectivity index (χ1) is 10.8. The van der Waals surface area contributed by atoms with Crippen LogP contribution in [0.3, 0.4) is 0 Å². The summed E-state index contributed by atoms with van der Waals surface area (Å²) in [5, 5.41) is 3.99. The number of carbonyl (C=O) groups excluding carboxylic acids is 1. The van der Waals surface area contributed by atoms with E-state index in [0.717, 1.165) is 24.0 Å². The first-order valence-corrected chi connectivity index (χ1v) is 7.38. The summed E-state index contributed by atoms with van der Waals surface area (Å²) in [6.07, 6.45) is 7.86. The lowest BCUT2D eigenvalue weighted by Crippen LogP contribution is -2.07. The van der Waals surface area contributed by atoms with Gasteiger partial charge in [-0.2, -0.15) is 0 Å². The number of hydrogen-bond acceptors (Lipinski definition) is 2. The molecule has 0 aliphatic carbocycles. The van der Waals surface area contributed by atoms with Gasteiger partial charge < -0.3 is 14.3 Å². The zero-order chi connectivity index (χ0) is 15.4. The molecule has 22 heavy (non-hydrogen) atoms. The minimum absolute atomic E-state index is 0.177. The number of rotatable bonds is 5. The van der Waals surface area contributed by atoms with Gasteiger partial charge in [0.25, 0.3) is 0 Å². The predicted molar refractivity (Wildman–Crippen MR) is 88.6 cm³/mol. The summed E-state index contributed by atoms with van der Waals surface area (Å²) < 4.78 is 7.37. The van der Waals surface area contributed by atoms with Crippen molar-refractivity contribution in [2.75, 3.05) is 5.32 Å². The molecule has 112 valence electrons. The molecule has 3 aromatic rings. The van der Waals surface area contributed by atoms with Crippen LogP contribution in [0, 0.1) is 0 Å². The number of nitrogens with one attached hydrogen (secondary N) is 1. The zero-order valence-electron chi connectivity index (χ0n) is 12.5. The Morgan fingerprint density at radius 2 is 2.23 bits per heavy atom. The minimum atomic E-state index is -0.177. The van der Waals surface area contributed by atoms with Crippen LogP contribution in [0.5, 0.6) is 0 Å². The lowest BCUT2D eigenvalue weighted by atomic mass is 10.2. The van der Waals surface area contributed by atoms with Crippen LogP contribution in [-0.4, -0.2) is 10.5 Å². The Bertz CT molecular complexity index is 798. The van der Waals surface area contributed by atoms with E-state index in [-0.39, 0.29) is 5.91 Å². The molecule has 0 unspecified atom stereocenters. The van der Waals surface area contributed by atoms with E-state index < -0.39 is 0 Å². The number of aromatic nitrogens is 1. The maximum atomic E-state index is 11.9. The number of nitrogens with zero attached hydrogens (tertiary/aromatic N) is 1. The van der Waals surface area contributed by atoms with E-state index >= 15 is 0 Å². The predicted octanol–water partition coefficient (Wildman–Crippen LogP) is 4.30. The third kappa shape index (κ3) is 3.11. The number of furan rings is 1. The van der Waals surface area contributed by atoms with Gasteiger partial charge in [0.15, 0.2) is 0 Å². The number of benzene rings is 1. The van der Waals surface area contributed by atoms with Crippen molar-refractivity contribution in [3.05, 3.63) is 60.7 Å². The minimum Gasteiger partial charge on any atom is -0.465 e. The van der Waals surface area contributed by atoms with Crippen molar-refractivity contribution in [3.8, 4) is 0 Å². The van der Waals surface area contributed by atoms with E-state index in [1.807, 2.05) is 18.2 Å². The first-order valence-electron chi connectivity index (χ1n) is 7.38. The highest BCUT2D eigenvalue weighted by Crippen LogP contribution is 2.21. The van der Waals surface area contributed by atoms with E-state index in [2.05, 4.69) is 29.1 Å². The molecule has 0 fully saturated rings. The molecule has 1 N–H and O–H groups in total. The van der Waals surface area contributed by atoms with Crippen LogP contribution in [0.2, 0.25) is 0 Å². The number of amides is 1. The molecule has 2 aromatic heterocycles. The second-order valence-corrected chi connectivity index (χ2v) is 5.12. The summed E-state index contributed by atoms with van der Waals surface area (Å²) in [6.45, 7) is 3.16. The SMILES string of the molecule is CCCn1ccc2cc(NC(=O)C=Cc3ccco3)ccc21. The fraction of sp³-hybridized carbons (Fsp3) is 0.167. The van der Waals surface area contributed by atoms with Gasteiger partial charge in [0, 0.05) is 35.4 Å². The van der Waals surface area contributed by atoms with E-state index in [4.69, 9.17) is 4.42 Å². The Morgan fingerprint density at radius 1 is 1.32 bits per heavy atom. The van der Waals surface area contributed by atoms with Crippen molar-refractivity contribution in [2.45, 2.75) is 19.9 Å². The fourth-order valence-electron chi connectivity index (χ4n) is 2.44. The standard InChI is InChI=1S/C18H18N2O2/c1-2-10-20-11-9-14-13-15(5-7-17(14)20)19-18(21)8-6-16-4-3-12-22-16/h3-9,11-13H,2,10H2,1H3,(H,19,21). The Morgan fingerprint density at radius 3 is 3.00 bits per heavy atom. The van der Waals surface area contributed by atoms with Crippen LogP contribution >= 0.6 is 0 Å². The molecule has 1 aromatic carbocycles. The van der Waals surface area contributed by atoms with Crippen molar-refractivity contribution < 1.29 is 9.21 Å². The van der Waals surface area contributed by atoms with Crippen LogP contribution in [0.15, 0.2) is 59.4 Å². The molecule has 4 heteroatoms. The van der Waals surface area contributed by atoms with Gasteiger partial charge >= 0.3 is 0 Å². The molecule has 0 aliphatic rings. The van der Waals surface area contributed by atoms with E-state index in [1.165, 1.54) is 11.6 Å². The Hall–Kier alpha value is -2.75. The third-order valence-corrected chi connectivity index (χ3v) is 3.45. The highest BCUT2D eigenvalue weighted by molar-refractivity contribution is 6.02. The molecule has 0 spiro atoms. The number of hydrogen-bond donors (Lipinski definition) is 1. The van der Waals surface area contributed by atoms with Crippen molar-refractivity contribution in [1.82, 2.24) is 4.57 Å². The lowest BCUT2D eigenvalue weighted by molar-refractivity contribution is -0.111. The molecular formula is C18H18N2O2. The Balaban J connectivity index is 1.72. The van der Waals surface area contributed by atoms with Crippen molar-refractivity contribution in [3.63, 3.8) is 0 Å². The molecule has 0 aliphatic heterocycles. The summed E-state index contributed by atoms with van der Waals surface area (Å²) in [4.78, 5) is 11.9. The second-order valence-electron chi connectivity index (χ2n) is 5.12. The molecule has 0 saturated carbocycles. The van der Waals surface area contributed by atoms with Gasteiger partial charge in [-0.25, -0.2) is 0 Å². The maximum Gasteiger partial charge on any atom is 0.248 e. The zero-order valence-corrected chi connectivity index (χ0v) is 12.5. The molecule has 0 bridgehead atoms. The van der Waals surface area contributed by atoms with E-state index in [9.17, 15) is 4.79 Å². The molecule has 1 amide bonds. The number of carbonyl (C=O) groups is 1. The summed E-state index contributed by atoms with van der Waals surface area (Å²) in [5.74, 6) is 0.478. The molecule has 2 heterocycles. The average molecular weight is 294 g/mol. The van der Waals surface area contributed by atoms with Gasteiger partial charge in [0.1, 0.15) is 5.76 Å². The van der Waals surface area contributed by atoms with Gasteiger partial charge in [0.2, 0.25) is 5.91 Å². The molecule has 0 radical (unpaired) electrons. The number of aryl methyl sites for hydroxylation is 1. The Labute approximate surface area is 129 Å². The number of fused-ring (bicyclic) bond motifs is 1. The average Bonchev–Trinajstić information content (AvgIpc) is 3.15. The Kier molecular flexibility index (Phi) is 4.10. The van der Waals surface area contributed by atoms with Crippen LogP contribution in [0.1, 0.15) is 19.1 Å².